The van der Waals surface area contributed by atoms with E-state index >= 15 is 0 Å². The summed E-state index contributed by atoms with van der Waals surface area (Å²) >= 11 is 0. The predicted molar refractivity (Wildman–Crippen MR) is 39.1 cm³/mol. The number of hydrogen-bond donors (Lipinski definition) is 1. The minimum absolute atomic E-state index is 0. The molecule has 0 saturated heterocycles. The van der Waals surface area contributed by atoms with E-state index in [0.717, 1.165) is 0 Å². The van der Waals surface area contributed by atoms with Crippen LogP contribution >= 0.6 is 0 Å². The van der Waals surface area contributed by atoms with Gasteiger partial charge in [0.25, 0.3) is 0 Å². The molecule has 0 fully saturated rings. The molecule has 7 heavy (non-hydrogen) atoms. The van der Waals surface area contributed by atoms with Crippen LogP contribution in [0.5, 0.6) is 0 Å². The van der Waals surface area contributed by atoms with E-state index in [4.69, 9.17) is 0 Å². The molecule has 0 aromatic heterocycles. The summed E-state index contributed by atoms with van der Waals surface area (Å²) in [6, 6.07) is 0. The Kier molecular flexibility index (Phi) is 86.0. The molecule has 50 valence electrons. The van der Waals surface area contributed by atoms with Gasteiger partial charge in [0.15, 0.2) is 0 Å². The van der Waals surface area contributed by atoms with Gasteiger partial charge in [0.2, 0.25) is 0 Å². The van der Waals surface area contributed by atoms with Crippen molar-refractivity contribution in [2.24, 2.45) is 0 Å². The van der Waals surface area contributed by atoms with Crippen LogP contribution in [0.2, 0.25) is 0 Å². The lowest BCUT2D eigenvalue weighted by Gasteiger charge is -1.68. The van der Waals surface area contributed by atoms with Crippen molar-refractivity contribution in [1.82, 2.24) is 6.15 Å². The molecule has 0 aromatic rings. The maximum Gasteiger partial charge on any atom is 0 e. The first-order valence-corrected chi connectivity index (χ1v) is 2.91. The predicted octanol–water partition coefficient (Wildman–Crippen LogP) is 3.24. The monoisotopic (exact) mass is 109 g/mol. The van der Waals surface area contributed by atoms with E-state index in [2.05, 4.69) is 13.8 Å². The number of hydrogen-bond acceptors (Lipinski definition) is 1. The molecule has 0 spiro atoms. The van der Waals surface area contributed by atoms with Crippen molar-refractivity contribution in [2.45, 2.75) is 40.5 Å². The molecule has 0 aliphatic rings. The van der Waals surface area contributed by atoms with Crippen molar-refractivity contribution in [2.75, 3.05) is 0 Å². The first kappa shape index (κ1) is 15.8. The zero-order valence-corrected chi connectivity index (χ0v) is 6.12. The fourth-order valence-corrected chi connectivity index (χ4v) is 0. The van der Waals surface area contributed by atoms with Gasteiger partial charge < -0.3 is 6.15 Å². The van der Waals surface area contributed by atoms with Crippen LogP contribution in [-0.2, 0) is 0 Å². The Morgan fingerprint density at radius 1 is 1.00 bits per heavy atom. The topological polar surface area (TPSA) is 35.0 Å². The lowest BCUT2D eigenvalue weighted by Crippen LogP contribution is -1.47. The Balaban J connectivity index is -0.0000000183. The van der Waals surface area contributed by atoms with Crippen molar-refractivity contribution in [3.63, 3.8) is 0 Å². The third kappa shape index (κ3) is 101. The van der Waals surface area contributed by atoms with Crippen LogP contribution in [0, 0.1) is 0 Å². The highest BCUT2D eigenvalue weighted by Crippen LogP contribution is 1.76. The van der Waals surface area contributed by atoms with E-state index in [9.17, 15) is 0 Å². The Labute approximate surface area is 49.2 Å². The van der Waals surface area contributed by atoms with E-state index in [-0.39, 0.29) is 7.58 Å². The summed E-state index contributed by atoms with van der Waals surface area (Å²) in [6.45, 7) is 8.36. The average Bonchev–Trinajstić information content (AvgIpc) is 1.72. The first-order chi connectivity index (χ1) is 2.91. The van der Waals surface area contributed by atoms with Crippen molar-refractivity contribution in [3.05, 3.63) is 0 Å². The highest BCUT2D eigenvalue weighted by molar-refractivity contribution is 4.12. The van der Waals surface area contributed by atoms with Crippen LogP contribution in [0.4, 0.5) is 0 Å². The molecule has 0 saturated carbocycles. The van der Waals surface area contributed by atoms with Gasteiger partial charge >= 0.3 is 0 Å². The van der Waals surface area contributed by atoms with Crippen LogP contribution < -0.4 is 6.15 Å². The van der Waals surface area contributed by atoms with Crippen LogP contribution in [0.1, 0.15) is 42.0 Å². The number of rotatable bonds is 1. The second kappa shape index (κ2) is 38.2. The summed E-state index contributed by atoms with van der Waals surface area (Å²) in [6.07, 6.45) is 2.64. The summed E-state index contributed by atoms with van der Waals surface area (Å²) in [5.41, 5.74) is 0. The molecule has 0 aliphatic heterocycles. The second-order valence-corrected chi connectivity index (χ2v) is 1.000. The fourth-order valence-electron chi connectivity index (χ4n) is 0. The molecule has 0 atom stereocenters. The van der Waals surface area contributed by atoms with Crippen molar-refractivity contribution in [3.8, 4) is 0 Å². The van der Waals surface area contributed by atoms with Gasteiger partial charge in [-0.3, -0.25) is 0 Å². The van der Waals surface area contributed by atoms with Crippen molar-refractivity contribution < 1.29 is 1.43 Å². The molecular formula is C6H21N. The summed E-state index contributed by atoms with van der Waals surface area (Å²) in [4.78, 5) is 0. The normalized spacial score (nSPS) is 5.14. The zero-order chi connectivity index (χ0) is 5.41. The van der Waals surface area contributed by atoms with Crippen LogP contribution in [-0.4, -0.2) is 0 Å². The highest BCUT2D eigenvalue weighted by Gasteiger charge is 1.56. The molecule has 3 N–H and O–H groups in total. The van der Waals surface area contributed by atoms with E-state index in [1.807, 2.05) is 13.8 Å². The molecular weight excluding hydrogens is 86.1 g/mol. The van der Waals surface area contributed by atoms with Crippen molar-refractivity contribution >= 4 is 0 Å². The first-order valence-electron chi connectivity index (χ1n) is 2.91. The zero-order valence-electron chi connectivity index (χ0n) is 6.12. The maximum atomic E-state index is 2.18. The van der Waals surface area contributed by atoms with E-state index in [1.165, 1.54) is 12.8 Å². The smallest absolute Gasteiger partial charge is 0 e. The second-order valence-electron chi connectivity index (χ2n) is 1.000. The van der Waals surface area contributed by atoms with Gasteiger partial charge in [0.1, 0.15) is 0 Å². The van der Waals surface area contributed by atoms with Gasteiger partial charge in [0.05, 0.1) is 0 Å². The van der Waals surface area contributed by atoms with E-state index in [1.54, 1.807) is 0 Å². The highest BCUT2D eigenvalue weighted by atomic mass is 14.0. The molecule has 0 unspecified atom stereocenters. The third-order valence-electron chi connectivity index (χ3n) is 0.500. The molecule has 0 amide bonds. The van der Waals surface area contributed by atoms with Gasteiger partial charge in [-0.05, 0) is 0 Å². The lowest BCUT2D eigenvalue weighted by atomic mass is 10.4. The SMILES string of the molecule is CC.CCCC.N.[3HH]. The van der Waals surface area contributed by atoms with E-state index in [0.29, 0.717) is 0 Å². The molecule has 0 rings (SSSR count). The Bertz CT molecular complexity index is 10.5. The maximum absolute atomic E-state index is 2.18. The Morgan fingerprint density at radius 3 is 1.14 bits per heavy atom. The molecule has 0 radical (unpaired) electrons. The van der Waals surface area contributed by atoms with Gasteiger partial charge in [-0.15, -0.1) is 0 Å². The van der Waals surface area contributed by atoms with E-state index < -0.39 is 0 Å². The summed E-state index contributed by atoms with van der Waals surface area (Å²) < 4.78 is 0. The molecule has 0 aliphatic carbocycles. The fraction of sp³-hybridized carbons (Fsp3) is 1.00. The lowest BCUT2D eigenvalue weighted by molar-refractivity contribution is 0.886. The average molecular weight is 109 g/mol. The molecule has 0 bridgehead atoms. The minimum Gasteiger partial charge on any atom is -0.344 e. The molecule has 1 heteroatoms. The Morgan fingerprint density at radius 2 is 1.14 bits per heavy atom. The quantitative estimate of drug-likeness (QED) is 0.551. The van der Waals surface area contributed by atoms with Gasteiger partial charge in [-0.25, -0.2) is 0 Å². The summed E-state index contributed by atoms with van der Waals surface area (Å²) in [5, 5.41) is 0. The van der Waals surface area contributed by atoms with Gasteiger partial charge in [-0.2, -0.15) is 0 Å². The van der Waals surface area contributed by atoms with Crippen LogP contribution in [0.15, 0.2) is 0 Å². The third-order valence-corrected chi connectivity index (χ3v) is 0.500. The van der Waals surface area contributed by atoms with Crippen molar-refractivity contribution in [1.29, 1.82) is 0 Å². The standard InChI is InChI=1S/C4H10.C2H6.H3N.H2/c1-3-4-2;1-2;;/h3-4H2,1-2H3;1-2H3;1H3;1H/i;;;1+2. The number of unbranched alkanes of at least 4 members (excludes halogenated alkanes) is 1. The molecule has 0 aromatic carbocycles. The largest absolute Gasteiger partial charge is 0.344 e. The van der Waals surface area contributed by atoms with Crippen LogP contribution in [0.25, 0.3) is 0 Å². The minimum atomic E-state index is 0. The van der Waals surface area contributed by atoms with Crippen LogP contribution in [0.3, 0.4) is 0 Å². The molecule has 1 nitrogen and oxygen atoms in total. The van der Waals surface area contributed by atoms with Gasteiger partial charge in [0, 0.05) is 1.43 Å². The van der Waals surface area contributed by atoms with Gasteiger partial charge in [-0.1, -0.05) is 40.5 Å². The summed E-state index contributed by atoms with van der Waals surface area (Å²) in [7, 11) is 0. The molecule has 0 heterocycles. The Hall–Kier alpha value is -0.0400. The summed E-state index contributed by atoms with van der Waals surface area (Å²) in [5.74, 6) is 0.